The summed E-state index contributed by atoms with van der Waals surface area (Å²) in [7, 11) is 0. The number of hydrogen-bond acceptors (Lipinski definition) is 3. The summed E-state index contributed by atoms with van der Waals surface area (Å²) in [4.78, 5) is 12.2. The van der Waals surface area contributed by atoms with Gasteiger partial charge in [0.1, 0.15) is 5.60 Å². The molecule has 0 saturated carbocycles. The molecule has 20 heavy (non-hydrogen) atoms. The zero-order valence-electron chi connectivity index (χ0n) is 12.7. The van der Waals surface area contributed by atoms with Crippen LogP contribution in [0.25, 0.3) is 0 Å². The van der Waals surface area contributed by atoms with Gasteiger partial charge in [0.05, 0.1) is 11.8 Å². The predicted octanol–water partition coefficient (Wildman–Crippen LogP) is 2.79. The van der Waals surface area contributed by atoms with Gasteiger partial charge in [0.25, 0.3) is 0 Å². The predicted molar refractivity (Wildman–Crippen MR) is 85.8 cm³/mol. The number of nitrogens with one attached hydrogen (secondary N) is 1. The molecule has 2 N–H and O–H groups in total. The van der Waals surface area contributed by atoms with E-state index >= 15 is 0 Å². The molecule has 2 atom stereocenters. The van der Waals surface area contributed by atoms with Gasteiger partial charge in [-0.2, -0.15) is 0 Å². The van der Waals surface area contributed by atoms with Crippen molar-refractivity contribution >= 4 is 17.7 Å². The van der Waals surface area contributed by atoms with Crippen LogP contribution in [0.5, 0.6) is 0 Å². The molecule has 0 aromatic heterocycles. The number of carbonyl (C=O) groups excluding carboxylic acids is 1. The molecule has 0 saturated heterocycles. The number of benzene rings is 1. The second-order valence-corrected chi connectivity index (χ2v) is 6.90. The van der Waals surface area contributed by atoms with Gasteiger partial charge in [0.2, 0.25) is 5.91 Å². The van der Waals surface area contributed by atoms with Crippen molar-refractivity contribution in [2.75, 3.05) is 12.3 Å². The van der Waals surface area contributed by atoms with E-state index in [2.05, 4.69) is 5.32 Å². The van der Waals surface area contributed by atoms with Crippen LogP contribution in [0.4, 0.5) is 0 Å². The van der Waals surface area contributed by atoms with E-state index in [0.29, 0.717) is 0 Å². The largest absolute Gasteiger partial charge is 0.384 e. The van der Waals surface area contributed by atoms with E-state index in [1.165, 1.54) is 0 Å². The maximum absolute atomic E-state index is 12.2. The van der Waals surface area contributed by atoms with Crippen molar-refractivity contribution in [3.05, 3.63) is 35.9 Å². The lowest BCUT2D eigenvalue weighted by molar-refractivity contribution is -0.122. The molecular formula is C16H25NO2S. The monoisotopic (exact) mass is 295 g/mol. The Bertz CT molecular complexity index is 418. The first kappa shape index (κ1) is 17.1. The molecule has 2 unspecified atom stereocenters. The number of hydrogen-bond donors (Lipinski definition) is 2. The Kier molecular flexibility index (Phi) is 6.56. The summed E-state index contributed by atoms with van der Waals surface area (Å²) in [5.74, 6) is 1.19. The number of rotatable bonds is 7. The topological polar surface area (TPSA) is 49.3 Å². The Morgan fingerprint density at radius 2 is 1.95 bits per heavy atom. The molecule has 0 aliphatic rings. The van der Waals surface area contributed by atoms with Gasteiger partial charge in [-0.1, -0.05) is 51.1 Å². The van der Waals surface area contributed by atoms with Gasteiger partial charge in [-0.05, 0) is 24.2 Å². The fourth-order valence-corrected chi connectivity index (χ4v) is 2.99. The van der Waals surface area contributed by atoms with E-state index < -0.39 is 5.60 Å². The van der Waals surface area contributed by atoms with Crippen molar-refractivity contribution in [1.82, 2.24) is 5.32 Å². The Balaban J connectivity index is 2.63. The molecule has 0 aliphatic heterocycles. The molecular weight excluding hydrogens is 270 g/mol. The average Bonchev–Trinajstić information content (AvgIpc) is 2.43. The summed E-state index contributed by atoms with van der Waals surface area (Å²) in [5.41, 5.74) is -0.237. The van der Waals surface area contributed by atoms with Crippen LogP contribution in [0.2, 0.25) is 0 Å². The number of aliphatic hydroxyl groups is 1. The van der Waals surface area contributed by atoms with Crippen LogP contribution in [0.1, 0.15) is 33.3 Å². The van der Waals surface area contributed by atoms with Crippen molar-refractivity contribution < 1.29 is 9.90 Å². The smallest absolute Gasteiger partial charge is 0.233 e. The highest BCUT2D eigenvalue weighted by atomic mass is 32.2. The standard InChI is InChI=1S/C16H25NO2S/c1-5-20-14(12(2)3)15(18)17-11-16(4,19)13-9-7-6-8-10-13/h6-10,12,14,19H,5,11H2,1-4H3,(H,17,18). The van der Waals surface area contributed by atoms with Crippen molar-refractivity contribution in [2.24, 2.45) is 5.92 Å². The maximum Gasteiger partial charge on any atom is 0.233 e. The molecule has 112 valence electrons. The number of carbonyl (C=O) groups is 1. The summed E-state index contributed by atoms with van der Waals surface area (Å²) in [6.07, 6.45) is 0. The average molecular weight is 295 g/mol. The van der Waals surface area contributed by atoms with E-state index in [1.807, 2.05) is 51.1 Å². The van der Waals surface area contributed by atoms with Crippen molar-refractivity contribution in [2.45, 2.75) is 38.5 Å². The van der Waals surface area contributed by atoms with Crippen molar-refractivity contribution in [3.8, 4) is 0 Å². The summed E-state index contributed by atoms with van der Waals surface area (Å²) in [6.45, 7) is 8.08. The van der Waals surface area contributed by atoms with Gasteiger partial charge in [0.15, 0.2) is 0 Å². The zero-order chi connectivity index (χ0) is 15.2. The van der Waals surface area contributed by atoms with Gasteiger partial charge in [0, 0.05) is 0 Å². The Morgan fingerprint density at radius 1 is 1.35 bits per heavy atom. The first-order valence-corrected chi connectivity index (χ1v) is 8.10. The normalized spacial score (nSPS) is 15.7. The third kappa shape index (κ3) is 4.84. The highest BCUT2D eigenvalue weighted by Gasteiger charge is 2.27. The van der Waals surface area contributed by atoms with Crippen LogP contribution in [0, 0.1) is 5.92 Å². The third-order valence-electron chi connectivity index (χ3n) is 3.21. The highest BCUT2D eigenvalue weighted by Crippen LogP contribution is 2.21. The van der Waals surface area contributed by atoms with Crippen molar-refractivity contribution in [3.63, 3.8) is 0 Å². The molecule has 0 heterocycles. The van der Waals surface area contributed by atoms with E-state index in [-0.39, 0.29) is 23.6 Å². The van der Waals surface area contributed by atoms with Crippen LogP contribution >= 0.6 is 11.8 Å². The molecule has 0 aliphatic carbocycles. The van der Waals surface area contributed by atoms with Gasteiger partial charge >= 0.3 is 0 Å². The molecule has 4 heteroatoms. The fourth-order valence-electron chi connectivity index (χ4n) is 2.01. The molecule has 1 aromatic rings. The van der Waals surface area contributed by atoms with E-state index in [1.54, 1.807) is 18.7 Å². The zero-order valence-corrected chi connectivity index (χ0v) is 13.5. The van der Waals surface area contributed by atoms with Gasteiger partial charge in [-0.25, -0.2) is 0 Å². The van der Waals surface area contributed by atoms with E-state index in [4.69, 9.17) is 0 Å². The van der Waals surface area contributed by atoms with Gasteiger partial charge < -0.3 is 10.4 Å². The van der Waals surface area contributed by atoms with Crippen LogP contribution in [-0.2, 0) is 10.4 Å². The molecule has 3 nitrogen and oxygen atoms in total. The number of amides is 1. The maximum atomic E-state index is 12.2. The minimum absolute atomic E-state index is 0.00283. The van der Waals surface area contributed by atoms with Crippen LogP contribution in [0.3, 0.4) is 0 Å². The Hall–Kier alpha value is -1.00. The Labute approximate surface area is 126 Å². The molecule has 1 rings (SSSR count). The molecule has 0 fully saturated rings. The van der Waals surface area contributed by atoms with Gasteiger partial charge in [-0.15, -0.1) is 11.8 Å². The lowest BCUT2D eigenvalue weighted by atomic mass is 9.96. The summed E-state index contributed by atoms with van der Waals surface area (Å²) >= 11 is 1.65. The second-order valence-electron chi connectivity index (χ2n) is 5.48. The fraction of sp³-hybridized carbons (Fsp3) is 0.562. The summed E-state index contributed by atoms with van der Waals surface area (Å²) in [6, 6.07) is 9.41. The minimum atomic E-state index is -1.05. The van der Waals surface area contributed by atoms with E-state index in [9.17, 15) is 9.90 Å². The van der Waals surface area contributed by atoms with Crippen molar-refractivity contribution in [1.29, 1.82) is 0 Å². The Morgan fingerprint density at radius 3 is 2.45 bits per heavy atom. The highest BCUT2D eigenvalue weighted by molar-refractivity contribution is 8.00. The second kappa shape index (κ2) is 7.70. The quantitative estimate of drug-likeness (QED) is 0.813. The minimum Gasteiger partial charge on any atom is -0.384 e. The number of thioether (sulfide) groups is 1. The molecule has 0 bridgehead atoms. The molecule has 0 radical (unpaired) electrons. The SMILES string of the molecule is CCSC(C(=O)NCC(C)(O)c1ccccc1)C(C)C. The van der Waals surface area contributed by atoms with Crippen LogP contribution in [-0.4, -0.2) is 28.6 Å². The third-order valence-corrected chi connectivity index (χ3v) is 4.66. The lowest BCUT2D eigenvalue weighted by Gasteiger charge is -2.26. The lowest BCUT2D eigenvalue weighted by Crippen LogP contribution is -2.43. The van der Waals surface area contributed by atoms with Gasteiger partial charge in [-0.3, -0.25) is 4.79 Å². The summed E-state index contributed by atoms with van der Waals surface area (Å²) < 4.78 is 0. The first-order valence-electron chi connectivity index (χ1n) is 7.05. The molecule has 1 aromatic carbocycles. The van der Waals surface area contributed by atoms with Crippen LogP contribution in [0.15, 0.2) is 30.3 Å². The molecule has 0 spiro atoms. The first-order chi connectivity index (χ1) is 9.38. The van der Waals surface area contributed by atoms with Crippen LogP contribution < -0.4 is 5.32 Å². The summed E-state index contributed by atoms with van der Waals surface area (Å²) in [5, 5.41) is 13.3. The van der Waals surface area contributed by atoms with E-state index in [0.717, 1.165) is 11.3 Å². The molecule has 1 amide bonds.